The van der Waals surface area contributed by atoms with Crippen molar-refractivity contribution in [2.75, 3.05) is 7.11 Å². The molecule has 228 valence electrons. The molecule has 8 rings (SSSR count). The minimum Gasteiger partial charge on any atom is -0.497 e. The smallest absolute Gasteiger partial charge is 0.271 e. The lowest BCUT2D eigenvalue weighted by Crippen LogP contribution is -2.62. The molecule has 0 radical (unpaired) electrons. The summed E-state index contributed by atoms with van der Waals surface area (Å²) in [6, 6.07) is 51.4. The molecule has 6 N–H and O–H groups in total. The maximum absolute atomic E-state index is 5.64. The molecule has 0 bridgehead atoms. The molecule has 5 nitrogen and oxygen atoms in total. The van der Waals surface area contributed by atoms with Crippen LogP contribution in [0.1, 0.15) is 0 Å². The first kappa shape index (κ1) is 28.7. The van der Waals surface area contributed by atoms with Crippen molar-refractivity contribution in [3.63, 3.8) is 0 Å². The second kappa shape index (κ2) is 11.3. The lowest BCUT2D eigenvalue weighted by molar-refractivity contribution is 0.0904. The van der Waals surface area contributed by atoms with Gasteiger partial charge in [0.05, 0.1) is 7.11 Å². The number of methoxy groups -OCH3 is 1. The molecular weight excluding hydrogens is 578 g/mol. The number of hydrogen-bond acceptors (Lipinski definition) is 5. The highest BCUT2D eigenvalue weighted by Crippen LogP contribution is 2.42. The van der Waals surface area contributed by atoms with E-state index in [1.807, 2.05) is 24.3 Å². The molecule has 0 amide bonds. The van der Waals surface area contributed by atoms with Gasteiger partial charge >= 0.3 is 0 Å². The molecule has 0 unspecified atom stereocenters. The standard InChI is InChI=1S/C42H33N3O2/c1-46-32-16-14-26-22-30(12-10-28(26)24-32)34-18-20-40(38-8-4-2-6-36(34)38)41-21-19-35(37-7-3-5-9-39(37)41)31-13-11-29-25-33(47-42(43,44)45)17-15-27(29)23-31/h2-25H,43-45H2,1H3. The van der Waals surface area contributed by atoms with Crippen LogP contribution in [0.2, 0.25) is 0 Å². The van der Waals surface area contributed by atoms with Crippen LogP contribution in [0.3, 0.4) is 0 Å². The van der Waals surface area contributed by atoms with Gasteiger partial charge in [0.25, 0.3) is 5.97 Å². The molecule has 0 atom stereocenters. The Morgan fingerprint density at radius 1 is 0.404 bits per heavy atom. The van der Waals surface area contributed by atoms with Crippen molar-refractivity contribution in [1.82, 2.24) is 0 Å². The molecule has 0 fully saturated rings. The molecule has 0 saturated carbocycles. The van der Waals surface area contributed by atoms with Gasteiger partial charge in [-0.3, -0.25) is 17.2 Å². The highest BCUT2D eigenvalue weighted by Gasteiger charge is 2.16. The van der Waals surface area contributed by atoms with Gasteiger partial charge in [-0.1, -0.05) is 109 Å². The van der Waals surface area contributed by atoms with Gasteiger partial charge in [-0.05, 0) is 113 Å². The molecule has 0 aliphatic heterocycles. The Kier molecular flexibility index (Phi) is 6.89. The van der Waals surface area contributed by atoms with E-state index in [1.54, 1.807) is 7.11 Å². The molecule has 0 saturated heterocycles. The maximum atomic E-state index is 5.64. The van der Waals surface area contributed by atoms with E-state index >= 15 is 0 Å². The zero-order valence-electron chi connectivity index (χ0n) is 25.9. The fraction of sp³-hybridized carbons (Fsp3) is 0.0476. The van der Waals surface area contributed by atoms with E-state index in [9.17, 15) is 0 Å². The van der Waals surface area contributed by atoms with Crippen molar-refractivity contribution < 1.29 is 9.47 Å². The van der Waals surface area contributed by atoms with Crippen molar-refractivity contribution in [3.8, 4) is 44.9 Å². The van der Waals surface area contributed by atoms with Crippen LogP contribution in [-0.4, -0.2) is 13.1 Å². The first-order chi connectivity index (χ1) is 22.8. The summed E-state index contributed by atoms with van der Waals surface area (Å²) >= 11 is 0. The fourth-order valence-corrected chi connectivity index (χ4v) is 6.75. The normalized spacial score (nSPS) is 11.8. The Bertz CT molecular complexity index is 2480. The van der Waals surface area contributed by atoms with Crippen molar-refractivity contribution in [2.24, 2.45) is 17.2 Å². The second-order valence-electron chi connectivity index (χ2n) is 12.0. The van der Waals surface area contributed by atoms with E-state index in [4.69, 9.17) is 26.7 Å². The quantitative estimate of drug-likeness (QED) is 0.163. The van der Waals surface area contributed by atoms with E-state index in [0.29, 0.717) is 5.75 Å². The van der Waals surface area contributed by atoms with Crippen LogP contribution in [0.25, 0.3) is 76.5 Å². The lowest BCUT2D eigenvalue weighted by atomic mass is 9.87. The van der Waals surface area contributed by atoms with Crippen molar-refractivity contribution in [1.29, 1.82) is 0 Å². The number of ether oxygens (including phenoxy) is 2. The van der Waals surface area contributed by atoms with E-state index in [1.165, 1.54) is 54.7 Å². The van der Waals surface area contributed by atoms with Crippen molar-refractivity contribution in [2.45, 2.75) is 5.97 Å². The van der Waals surface area contributed by atoms with Crippen LogP contribution in [-0.2, 0) is 0 Å². The second-order valence-corrected chi connectivity index (χ2v) is 12.0. The summed E-state index contributed by atoms with van der Waals surface area (Å²) in [6.07, 6.45) is 0. The maximum Gasteiger partial charge on any atom is 0.271 e. The Labute approximate surface area is 272 Å². The summed E-state index contributed by atoms with van der Waals surface area (Å²) in [6.45, 7) is 0. The van der Waals surface area contributed by atoms with Crippen LogP contribution in [0.4, 0.5) is 0 Å². The third-order valence-electron chi connectivity index (χ3n) is 8.91. The Morgan fingerprint density at radius 2 is 0.787 bits per heavy atom. The van der Waals surface area contributed by atoms with Crippen molar-refractivity contribution in [3.05, 3.63) is 146 Å². The minimum absolute atomic E-state index is 0.520. The Hall–Kier alpha value is -5.72. The average molecular weight is 612 g/mol. The van der Waals surface area contributed by atoms with Gasteiger partial charge in [0, 0.05) is 0 Å². The number of nitrogens with two attached hydrogens (primary N) is 3. The summed E-state index contributed by atoms with van der Waals surface area (Å²) < 4.78 is 10.9. The summed E-state index contributed by atoms with van der Waals surface area (Å²) in [5, 5.41) is 9.27. The monoisotopic (exact) mass is 611 g/mol. The number of fused-ring (bicyclic) bond motifs is 4. The predicted molar refractivity (Wildman–Crippen MR) is 195 cm³/mol. The molecule has 8 aromatic carbocycles. The zero-order valence-corrected chi connectivity index (χ0v) is 25.9. The van der Waals surface area contributed by atoms with E-state index in [0.717, 1.165) is 27.5 Å². The third kappa shape index (κ3) is 5.33. The van der Waals surface area contributed by atoms with E-state index < -0.39 is 5.97 Å². The number of benzene rings is 8. The first-order valence-electron chi connectivity index (χ1n) is 15.6. The molecule has 5 heteroatoms. The van der Waals surface area contributed by atoms with Gasteiger partial charge in [-0.2, -0.15) is 0 Å². The lowest BCUT2D eigenvalue weighted by Gasteiger charge is -2.20. The van der Waals surface area contributed by atoms with Gasteiger partial charge in [0.2, 0.25) is 0 Å². The van der Waals surface area contributed by atoms with Gasteiger partial charge in [0.15, 0.2) is 0 Å². The van der Waals surface area contributed by atoms with Crippen molar-refractivity contribution >= 4 is 43.1 Å². The fourth-order valence-electron chi connectivity index (χ4n) is 6.75. The molecule has 0 aliphatic rings. The van der Waals surface area contributed by atoms with Crippen LogP contribution in [0, 0.1) is 0 Å². The number of hydrogen-bond donors (Lipinski definition) is 3. The first-order valence-corrected chi connectivity index (χ1v) is 15.6. The van der Waals surface area contributed by atoms with E-state index in [-0.39, 0.29) is 0 Å². The molecule has 0 spiro atoms. The Morgan fingerprint density at radius 3 is 1.26 bits per heavy atom. The topological polar surface area (TPSA) is 96.5 Å². The average Bonchev–Trinajstić information content (AvgIpc) is 3.09. The summed E-state index contributed by atoms with van der Waals surface area (Å²) in [5.41, 5.74) is 24.0. The van der Waals surface area contributed by atoms with Gasteiger partial charge in [-0.15, -0.1) is 0 Å². The molecule has 8 aromatic rings. The minimum atomic E-state index is -1.73. The van der Waals surface area contributed by atoms with Gasteiger partial charge in [0.1, 0.15) is 11.5 Å². The predicted octanol–water partition coefficient (Wildman–Crippen LogP) is 9.18. The van der Waals surface area contributed by atoms with Crippen LogP contribution < -0.4 is 26.7 Å². The molecule has 0 heterocycles. The largest absolute Gasteiger partial charge is 0.497 e. The molecule has 0 aliphatic carbocycles. The molecule has 0 aromatic heterocycles. The highest BCUT2D eigenvalue weighted by atomic mass is 16.5. The van der Waals surface area contributed by atoms with Crippen LogP contribution in [0.15, 0.2) is 146 Å². The third-order valence-corrected chi connectivity index (χ3v) is 8.91. The van der Waals surface area contributed by atoms with E-state index in [2.05, 4.69) is 121 Å². The molecule has 47 heavy (non-hydrogen) atoms. The molecular formula is C42H33N3O2. The van der Waals surface area contributed by atoms with Crippen LogP contribution in [0.5, 0.6) is 11.5 Å². The number of rotatable bonds is 6. The zero-order chi connectivity index (χ0) is 32.1. The van der Waals surface area contributed by atoms with Crippen LogP contribution >= 0.6 is 0 Å². The van der Waals surface area contributed by atoms with Gasteiger partial charge in [-0.25, -0.2) is 0 Å². The summed E-state index contributed by atoms with van der Waals surface area (Å²) in [4.78, 5) is 0. The van der Waals surface area contributed by atoms with Gasteiger partial charge < -0.3 is 9.47 Å². The highest BCUT2D eigenvalue weighted by molar-refractivity contribution is 6.12. The Balaban J connectivity index is 1.23. The SMILES string of the molecule is COc1ccc2cc(-c3ccc(-c4ccc(-c5ccc6cc(OC(N)(N)N)ccc6c5)c5ccccc45)c4ccccc34)ccc2c1. The summed E-state index contributed by atoms with van der Waals surface area (Å²) in [7, 11) is 1.70. The summed E-state index contributed by atoms with van der Waals surface area (Å²) in [5.74, 6) is -0.347.